The number of allylic oxidation sites excluding steroid dienone is 1. The Morgan fingerprint density at radius 2 is 1.75 bits per heavy atom. The number of carbonyl (C=O) groups excluding carboxylic acids is 3. The molecule has 0 aliphatic heterocycles. The van der Waals surface area contributed by atoms with Gasteiger partial charge in [0.2, 0.25) is 0 Å². The van der Waals surface area contributed by atoms with Gasteiger partial charge in [0.15, 0.2) is 5.78 Å². The molecule has 192 valence electrons. The fraction of sp³-hybridized carbons (Fsp3) is 0.407. The number of nitrogens with one attached hydrogen (secondary N) is 1. The molecule has 1 N–H and O–H groups in total. The number of fused-ring (bicyclic) bond motifs is 1. The van der Waals surface area contributed by atoms with Crippen molar-refractivity contribution in [2.45, 2.75) is 59.2 Å². The molecule has 0 bridgehead atoms. The minimum absolute atomic E-state index is 0.0755. The molecule has 0 saturated heterocycles. The van der Waals surface area contributed by atoms with Crippen molar-refractivity contribution in [2.24, 2.45) is 5.92 Å². The lowest BCUT2D eigenvalue weighted by Gasteiger charge is -2.28. The molecule has 1 aliphatic rings. The predicted molar refractivity (Wildman–Crippen MR) is 138 cm³/mol. The van der Waals surface area contributed by atoms with Gasteiger partial charge >= 0.3 is 12.1 Å². The largest absolute Gasteiger partial charge is 0.468 e. The van der Waals surface area contributed by atoms with Crippen molar-refractivity contribution < 1.29 is 23.9 Å². The number of ketones is 1. The minimum atomic E-state index is -1.32. The molecule has 0 spiro atoms. The van der Waals surface area contributed by atoms with Crippen molar-refractivity contribution >= 4 is 35.5 Å². The summed E-state index contributed by atoms with van der Waals surface area (Å²) in [6.07, 6.45) is 2.02. The molecule has 1 aromatic heterocycles. The van der Waals surface area contributed by atoms with E-state index in [-0.39, 0.29) is 29.1 Å². The summed E-state index contributed by atoms with van der Waals surface area (Å²) in [6, 6.07) is 6.85. The maximum Gasteiger partial charge on any atom is 0.407 e. The van der Waals surface area contributed by atoms with E-state index < -0.39 is 29.4 Å². The lowest BCUT2D eigenvalue weighted by atomic mass is 9.80. The lowest BCUT2D eigenvalue weighted by molar-refractivity contribution is -0.144. The van der Waals surface area contributed by atoms with Crippen LogP contribution in [0, 0.1) is 5.92 Å². The number of nitrogens with zero attached hydrogens (tertiary/aromatic N) is 1. The Balaban J connectivity index is 2.36. The molecule has 2 aromatic rings. The maximum atomic E-state index is 13.7. The van der Waals surface area contributed by atoms with Crippen molar-refractivity contribution in [3.8, 4) is 11.1 Å². The van der Waals surface area contributed by atoms with Crippen LogP contribution in [0.25, 0.3) is 17.2 Å². The minimum Gasteiger partial charge on any atom is -0.468 e. The van der Waals surface area contributed by atoms with E-state index in [4.69, 9.17) is 21.1 Å². The smallest absolute Gasteiger partial charge is 0.407 e. The van der Waals surface area contributed by atoms with E-state index in [9.17, 15) is 19.2 Å². The van der Waals surface area contributed by atoms with Gasteiger partial charge in [-0.3, -0.25) is 14.4 Å². The van der Waals surface area contributed by atoms with Crippen LogP contribution in [0.1, 0.15) is 57.4 Å². The summed E-state index contributed by atoms with van der Waals surface area (Å²) >= 11 is 6.13. The summed E-state index contributed by atoms with van der Waals surface area (Å²) in [7, 11) is 1.19. The number of hydrogen-bond acceptors (Lipinski definition) is 6. The normalized spacial score (nSPS) is 15.0. The Morgan fingerprint density at radius 1 is 1.11 bits per heavy atom. The van der Waals surface area contributed by atoms with Crippen LogP contribution in [0.4, 0.5) is 4.79 Å². The first-order chi connectivity index (χ1) is 16.8. The molecule has 1 amide bonds. The third kappa shape index (κ3) is 5.87. The third-order valence-electron chi connectivity index (χ3n) is 5.55. The quantitative estimate of drug-likeness (QED) is 0.442. The molecular weight excluding hydrogens is 484 g/mol. The SMILES string of the molecule is COC(=O)C1C(=O)C=Cc2c1c(-c1ccc(Cl)cc1)c(CNC(=O)OC(C)(C)C)n(CC(C)C)c2=O. The average Bonchev–Trinajstić information content (AvgIpc) is 2.78. The Labute approximate surface area is 215 Å². The van der Waals surface area contributed by atoms with Crippen LogP contribution in [0.5, 0.6) is 0 Å². The first kappa shape index (κ1) is 27.2. The molecule has 36 heavy (non-hydrogen) atoms. The molecule has 0 fully saturated rings. The summed E-state index contributed by atoms with van der Waals surface area (Å²) in [5.74, 6) is -2.49. The van der Waals surface area contributed by atoms with Crippen molar-refractivity contribution in [3.63, 3.8) is 0 Å². The summed E-state index contributed by atoms with van der Waals surface area (Å²) in [6.45, 7) is 9.45. The highest BCUT2D eigenvalue weighted by atomic mass is 35.5. The second-order valence-corrected chi connectivity index (χ2v) is 10.4. The number of ether oxygens (including phenoxy) is 2. The Morgan fingerprint density at radius 3 is 2.31 bits per heavy atom. The topological polar surface area (TPSA) is 104 Å². The monoisotopic (exact) mass is 514 g/mol. The highest BCUT2D eigenvalue weighted by Crippen LogP contribution is 2.38. The van der Waals surface area contributed by atoms with Crippen molar-refractivity contribution in [1.82, 2.24) is 9.88 Å². The zero-order valence-corrected chi connectivity index (χ0v) is 22.1. The van der Waals surface area contributed by atoms with E-state index in [1.54, 1.807) is 49.6 Å². The number of alkyl carbamates (subject to hydrolysis) is 1. The van der Waals surface area contributed by atoms with E-state index >= 15 is 0 Å². The van der Waals surface area contributed by atoms with Gasteiger partial charge in [0, 0.05) is 28.4 Å². The molecule has 1 aromatic carbocycles. The van der Waals surface area contributed by atoms with Gasteiger partial charge in [0.1, 0.15) is 11.5 Å². The molecule has 3 rings (SSSR count). The summed E-state index contributed by atoms with van der Waals surface area (Å²) in [4.78, 5) is 51.9. The molecule has 1 aliphatic carbocycles. The third-order valence-corrected chi connectivity index (χ3v) is 5.81. The number of halogens is 1. The number of amides is 1. The van der Waals surface area contributed by atoms with Crippen molar-refractivity contribution in [2.75, 3.05) is 7.11 Å². The Hall–Kier alpha value is -3.39. The maximum absolute atomic E-state index is 13.7. The first-order valence-corrected chi connectivity index (χ1v) is 12.0. The summed E-state index contributed by atoms with van der Waals surface area (Å²) in [5.41, 5.74) is 0.966. The van der Waals surface area contributed by atoms with E-state index in [1.165, 1.54) is 19.3 Å². The van der Waals surface area contributed by atoms with Gasteiger partial charge in [-0.15, -0.1) is 0 Å². The molecular formula is C27H31ClN2O6. The predicted octanol–water partition coefficient (Wildman–Crippen LogP) is 4.70. The molecule has 8 nitrogen and oxygen atoms in total. The number of esters is 1. The molecule has 1 unspecified atom stereocenters. The second-order valence-electron chi connectivity index (χ2n) is 10.0. The fourth-order valence-corrected chi connectivity index (χ4v) is 4.30. The van der Waals surface area contributed by atoms with E-state index in [0.29, 0.717) is 28.4 Å². The van der Waals surface area contributed by atoms with Gasteiger partial charge < -0.3 is 19.4 Å². The zero-order valence-electron chi connectivity index (χ0n) is 21.3. The molecule has 1 atom stereocenters. The van der Waals surface area contributed by atoms with Gasteiger partial charge in [0.05, 0.1) is 13.7 Å². The van der Waals surface area contributed by atoms with Gasteiger partial charge in [0.25, 0.3) is 5.56 Å². The van der Waals surface area contributed by atoms with Gasteiger partial charge in [-0.05, 0) is 62.1 Å². The summed E-state index contributed by atoms with van der Waals surface area (Å²) in [5, 5.41) is 3.23. The molecule has 0 radical (unpaired) electrons. The van der Waals surface area contributed by atoms with Crippen LogP contribution < -0.4 is 10.9 Å². The molecule has 1 heterocycles. The van der Waals surface area contributed by atoms with E-state index in [1.807, 2.05) is 13.8 Å². The number of aromatic nitrogens is 1. The van der Waals surface area contributed by atoms with E-state index in [2.05, 4.69) is 5.32 Å². The summed E-state index contributed by atoms with van der Waals surface area (Å²) < 4.78 is 11.9. The lowest BCUT2D eigenvalue weighted by Crippen LogP contribution is -2.38. The first-order valence-electron chi connectivity index (χ1n) is 11.7. The number of carbonyl (C=O) groups is 3. The standard InChI is InChI=1S/C27H31ClN2O6/c1-15(2)14-30-19(13-29-26(34)36-27(3,4)5)21(16-7-9-17(28)10-8-16)22-18(24(30)32)11-12-20(31)23(22)25(33)35-6/h7-12,15,23H,13-14H2,1-6H3,(H,29,34). The average molecular weight is 515 g/mol. The van der Waals surface area contributed by atoms with Crippen LogP contribution in [-0.4, -0.2) is 35.1 Å². The molecule has 9 heteroatoms. The number of pyridine rings is 1. The van der Waals surface area contributed by atoms with Gasteiger partial charge in [-0.1, -0.05) is 37.6 Å². The number of methoxy groups -OCH3 is 1. The second kappa shape index (κ2) is 10.7. The molecule has 0 saturated carbocycles. The zero-order chi connectivity index (χ0) is 26.8. The van der Waals surface area contributed by atoms with Crippen LogP contribution in [0.3, 0.4) is 0 Å². The highest BCUT2D eigenvalue weighted by Gasteiger charge is 2.38. The van der Waals surface area contributed by atoms with Crippen LogP contribution in [0.2, 0.25) is 5.02 Å². The number of benzene rings is 1. The highest BCUT2D eigenvalue weighted by molar-refractivity contribution is 6.30. The van der Waals surface area contributed by atoms with Crippen molar-refractivity contribution in [1.29, 1.82) is 0 Å². The van der Waals surface area contributed by atoms with Gasteiger partial charge in [-0.25, -0.2) is 4.79 Å². The van der Waals surface area contributed by atoms with Crippen LogP contribution in [-0.2, 0) is 32.2 Å². The van der Waals surface area contributed by atoms with Gasteiger partial charge in [-0.2, -0.15) is 0 Å². The van der Waals surface area contributed by atoms with Crippen molar-refractivity contribution in [3.05, 3.63) is 62.5 Å². The Kier molecular flexibility index (Phi) is 8.09. The number of hydrogen-bond donors (Lipinski definition) is 1. The Bertz CT molecular complexity index is 1270. The van der Waals surface area contributed by atoms with Crippen LogP contribution >= 0.6 is 11.6 Å². The van der Waals surface area contributed by atoms with Crippen LogP contribution in [0.15, 0.2) is 35.1 Å². The van der Waals surface area contributed by atoms with E-state index in [0.717, 1.165) is 0 Å². The number of rotatable bonds is 6. The fourth-order valence-electron chi connectivity index (χ4n) is 4.18.